The molecule has 0 bridgehead atoms. The molecule has 1 N–H and O–H groups in total. The largest absolute Gasteiger partial charge is 0.381 e. The number of ether oxygens (including phenoxy) is 1. The highest BCUT2D eigenvalue weighted by molar-refractivity contribution is 6.14. The van der Waals surface area contributed by atoms with Crippen molar-refractivity contribution in [3.05, 3.63) is 99.6 Å². The zero-order chi connectivity index (χ0) is 39.8. The van der Waals surface area contributed by atoms with Crippen molar-refractivity contribution in [1.82, 2.24) is 10.2 Å². The van der Waals surface area contributed by atoms with E-state index in [-0.39, 0.29) is 57.6 Å². The number of aliphatic imine (C=N–C) groups is 1. The first-order valence-corrected chi connectivity index (χ1v) is 13.2. The summed E-state index contributed by atoms with van der Waals surface area (Å²) in [5.41, 5.74) is 0.774. The van der Waals surface area contributed by atoms with Gasteiger partial charge in [-0.15, -0.1) is 0 Å². The van der Waals surface area contributed by atoms with Gasteiger partial charge in [0.1, 0.15) is 17.5 Å². The molecule has 41 heavy (non-hydrogen) atoms. The molecule has 0 unspecified atom stereocenters. The number of nitrogens with one attached hydrogen (secondary N) is 1. The Morgan fingerprint density at radius 1 is 1.05 bits per heavy atom. The van der Waals surface area contributed by atoms with Gasteiger partial charge in [0, 0.05) is 74.4 Å². The van der Waals surface area contributed by atoms with Crippen LogP contribution in [-0.4, -0.2) is 62.8 Å². The van der Waals surface area contributed by atoms with E-state index in [4.69, 9.17) is 22.6 Å². The molecule has 2 saturated heterocycles. The van der Waals surface area contributed by atoms with Gasteiger partial charge in [0.05, 0.1) is 12.0 Å². The van der Waals surface area contributed by atoms with Crippen molar-refractivity contribution in [3.63, 3.8) is 0 Å². The number of rotatable bonds is 6. The van der Waals surface area contributed by atoms with E-state index in [1.165, 1.54) is 24.3 Å². The molecule has 3 aliphatic rings. The molecule has 3 heterocycles. The van der Waals surface area contributed by atoms with Gasteiger partial charge in [0.15, 0.2) is 0 Å². The second kappa shape index (κ2) is 12.1. The van der Waals surface area contributed by atoms with Gasteiger partial charge in [0.2, 0.25) is 0 Å². The predicted molar refractivity (Wildman–Crippen MR) is 157 cm³/mol. The molecule has 0 aromatic heterocycles. The summed E-state index contributed by atoms with van der Waals surface area (Å²) in [6.45, 7) is -16.7. The van der Waals surface area contributed by atoms with Gasteiger partial charge in [-0.05, 0) is 97.2 Å². The second-order valence-electron chi connectivity index (χ2n) is 9.99. The normalized spacial score (nSPS) is 28.1. The van der Waals surface area contributed by atoms with E-state index in [0.717, 1.165) is 18.2 Å². The molecule has 0 atom stereocenters. The van der Waals surface area contributed by atoms with Gasteiger partial charge in [-0.1, -0.05) is 12.1 Å². The van der Waals surface area contributed by atoms with Crippen LogP contribution in [0, 0.1) is 17.6 Å². The van der Waals surface area contributed by atoms with Crippen molar-refractivity contribution in [1.29, 1.82) is 0 Å². The minimum Gasteiger partial charge on any atom is -0.381 e. The van der Waals surface area contributed by atoms with Crippen LogP contribution >= 0.6 is 0 Å². The summed E-state index contributed by atoms with van der Waals surface area (Å²) in [5.74, 6) is -2.56. The van der Waals surface area contributed by atoms with Crippen molar-refractivity contribution >= 4 is 17.4 Å². The third-order valence-electron chi connectivity index (χ3n) is 7.14. The van der Waals surface area contributed by atoms with E-state index in [0.29, 0.717) is 43.2 Å². The Balaban J connectivity index is 1.37. The highest BCUT2D eigenvalue weighted by atomic mass is 19.1. The summed E-state index contributed by atoms with van der Waals surface area (Å²) in [6, 6.07) is 10.6. The smallest absolute Gasteiger partial charge is 0.257 e. The summed E-state index contributed by atoms with van der Waals surface area (Å²) in [7, 11) is 0. The first kappa shape index (κ1) is 16.1. The number of nitrogens with zero attached hydrogens (tertiary/aromatic N) is 3. The number of amidine groups is 1. The summed E-state index contributed by atoms with van der Waals surface area (Å²) in [6.07, 6.45) is -0.943. The van der Waals surface area contributed by atoms with E-state index in [2.05, 4.69) is 10.3 Å². The number of carbonyl (C=O) groups excluding carboxylic acids is 1. The number of hydrogen-bond acceptors (Lipinski definition) is 5. The monoisotopic (exact) mass is 571 g/mol. The lowest BCUT2D eigenvalue weighted by molar-refractivity contribution is 0.0664. The molecule has 2 fully saturated rings. The quantitative estimate of drug-likeness (QED) is 0.454. The lowest BCUT2D eigenvalue weighted by atomic mass is 9.89. The van der Waals surface area contributed by atoms with Crippen molar-refractivity contribution in [3.8, 4) is 0 Å². The van der Waals surface area contributed by atoms with E-state index < -0.39 is 61.8 Å². The number of piperazine rings is 1. The zero-order valence-electron chi connectivity index (χ0n) is 34.9. The van der Waals surface area contributed by atoms with Gasteiger partial charge < -0.3 is 19.9 Å². The Morgan fingerprint density at radius 2 is 1.83 bits per heavy atom. The first-order valence-electron chi connectivity index (χ1n) is 19.7. The number of likely N-dealkylation sites (N-methyl/N-ethyl adjacent to an activating group) is 1. The molecule has 0 spiro atoms. The standard InChI is InChI=1S/C33H36F2N4O2/c1-38-8-10-39(11-9-38)29-4-5-30(26(19-29)15-22-6-12-41-13-7-22)33(40)37-32-31-18-23(2-3-25(31)21-36-32)14-24-16-27(34)20-28(35)17-24/h2-5,16-20,22H,6-15,21H2,1H3,(H,36,37,40)/i1D3,8D2,9D2,10D2,11D2,14D2. The summed E-state index contributed by atoms with van der Waals surface area (Å²) >= 11 is 0. The summed E-state index contributed by atoms with van der Waals surface area (Å²) < 4.78 is 143. The van der Waals surface area contributed by atoms with Crippen LogP contribution in [0.15, 0.2) is 59.6 Å². The van der Waals surface area contributed by atoms with Crippen molar-refractivity contribution in [2.45, 2.75) is 32.2 Å². The maximum Gasteiger partial charge on any atom is 0.257 e. The number of halogens is 2. The molecule has 6 nitrogen and oxygen atoms in total. The average Bonchev–Trinajstić information content (AvgIpc) is 3.45. The summed E-state index contributed by atoms with van der Waals surface area (Å²) in [5, 5.41) is 2.74. The van der Waals surface area contributed by atoms with E-state index in [1.807, 2.05) is 0 Å². The Morgan fingerprint density at radius 3 is 2.59 bits per heavy atom. The maximum absolute atomic E-state index is 14.0. The third-order valence-corrected chi connectivity index (χ3v) is 7.14. The average molecular weight is 572 g/mol. The van der Waals surface area contributed by atoms with Crippen LogP contribution in [-0.2, 0) is 24.1 Å². The molecule has 3 aromatic rings. The van der Waals surface area contributed by atoms with E-state index in [1.54, 1.807) is 6.07 Å². The number of carbonyl (C=O) groups is 1. The molecule has 6 rings (SSSR count). The number of hydrogen-bond donors (Lipinski definition) is 1. The van der Waals surface area contributed by atoms with Crippen LogP contribution in [0.3, 0.4) is 0 Å². The fourth-order valence-electron chi connectivity index (χ4n) is 5.09. The van der Waals surface area contributed by atoms with Crippen LogP contribution in [0.4, 0.5) is 14.5 Å². The second-order valence-corrected chi connectivity index (χ2v) is 9.99. The number of fused-ring (bicyclic) bond motifs is 1. The molecule has 0 saturated carbocycles. The van der Waals surface area contributed by atoms with Gasteiger partial charge in [-0.2, -0.15) is 0 Å². The van der Waals surface area contributed by atoms with Crippen molar-refractivity contribution in [2.24, 2.45) is 10.9 Å². The molecule has 3 aliphatic heterocycles. The molecule has 1 amide bonds. The number of benzene rings is 3. The Hall–Kier alpha value is -3.62. The topological polar surface area (TPSA) is 57.2 Å². The SMILES string of the molecule is [2H]C([2H])(c1cc(F)cc(F)c1)c1ccc2c(c1)C(NC(=O)c1ccc(N3C([2H])([2H])C([2H])([2H])N(C([2H])([2H])[2H])C([2H])([2H])C3([2H])[2H])cc1CC1CCOCC1)=NC2. The first-order chi connectivity index (χ1) is 24.9. The highest BCUT2D eigenvalue weighted by Gasteiger charge is 2.24. The fraction of sp³-hybridized carbons (Fsp3) is 0.394. The van der Waals surface area contributed by atoms with Crippen LogP contribution in [0.5, 0.6) is 0 Å². The minimum absolute atomic E-state index is 0.0404. The highest BCUT2D eigenvalue weighted by Crippen LogP contribution is 2.28. The van der Waals surface area contributed by atoms with Gasteiger partial charge in [-0.3, -0.25) is 9.79 Å². The van der Waals surface area contributed by atoms with Gasteiger partial charge >= 0.3 is 0 Å². The van der Waals surface area contributed by atoms with Crippen molar-refractivity contribution < 1.29 is 36.1 Å². The molecule has 0 radical (unpaired) electrons. The lowest BCUT2D eigenvalue weighted by Gasteiger charge is -2.34. The Labute approximate surface area is 258 Å². The fourth-order valence-corrected chi connectivity index (χ4v) is 5.09. The summed E-state index contributed by atoms with van der Waals surface area (Å²) in [4.78, 5) is 18.3. The van der Waals surface area contributed by atoms with Crippen LogP contribution in [0.1, 0.15) is 68.8 Å². The lowest BCUT2D eigenvalue weighted by Crippen LogP contribution is -2.44. The van der Waals surface area contributed by atoms with Crippen LogP contribution < -0.4 is 10.2 Å². The van der Waals surface area contributed by atoms with E-state index >= 15 is 0 Å². The Bertz CT molecular complexity index is 1950. The molecular weight excluding hydrogens is 522 g/mol. The Kier molecular flexibility index (Phi) is 4.76. The molecule has 0 aliphatic carbocycles. The minimum atomic E-state index is -3.59. The van der Waals surface area contributed by atoms with Gasteiger partial charge in [0.25, 0.3) is 5.91 Å². The zero-order valence-corrected chi connectivity index (χ0v) is 21.9. The molecular formula is C33H36F2N4O2. The maximum atomic E-state index is 14.0. The third kappa shape index (κ3) is 6.49. The van der Waals surface area contributed by atoms with Crippen LogP contribution in [0.25, 0.3) is 0 Å². The predicted octanol–water partition coefficient (Wildman–Crippen LogP) is 4.97. The molecule has 214 valence electrons. The van der Waals surface area contributed by atoms with Crippen LogP contribution in [0.2, 0.25) is 0 Å². The number of anilines is 1. The number of amides is 1. The van der Waals surface area contributed by atoms with Crippen molar-refractivity contribution in [2.75, 3.05) is 51.1 Å². The molecule has 3 aromatic carbocycles. The molecule has 8 heteroatoms. The van der Waals surface area contributed by atoms with Gasteiger partial charge in [-0.25, -0.2) is 8.78 Å². The van der Waals surface area contributed by atoms with E-state index in [9.17, 15) is 13.6 Å².